The third-order valence-corrected chi connectivity index (χ3v) is 7.69. The Bertz CT molecular complexity index is 1500. The number of hydrogen-bond donors (Lipinski definition) is 1. The van der Waals surface area contributed by atoms with Crippen LogP contribution in [0, 0.1) is 0 Å². The second kappa shape index (κ2) is 7.50. The maximum absolute atomic E-state index is 6.07. The summed E-state index contributed by atoms with van der Waals surface area (Å²) in [7, 11) is 0. The fraction of sp³-hybridized carbons (Fsp3) is 0.250. The average Bonchev–Trinajstić information content (AvgIpc) is 3.26. The minimum Gasteiger partial charge on any atom is -0.456 e. The topological polar surface area (TPSA) is 25.2 Å². The summed E-state index contributed by atoms with van der Waals surface area (Å²) >= 11 is 0. The van der Waals surface area contributed by atoms with E-state index in [0.717, 1.165) is 33.7 Å². The van der Waals surface area contributed by atoms with Crippen molar-refractivity contribution in [3.63, 3.8) is 0 Å². The van der Waals surface area contributed by atoms with E-state index >= 15 is 0 Å². The molecule has 0 radical (unpaired) electrons. The molecule has 0 amide bonds. The van der Waals surface area contributed by atoms with Gasteiger partial charge in [-0.25, -0.2) is 0 Å². The van der Waals surface area contributed by atoms with Crippen LogP contribution in [0.2, 0.25) is 0 Å². The highest BCUT2D eigenvalue weighted by molar-refractivity contribution is 5.91. The lowest BCUT2D eigenvalue weighted by atomic mass is 9.63. The van der Waals surface area contributed by atoms with E-state index in [4.69, 9.17) is 4.42 Å². The molecule has 1 N–H and O–H groups in total. The summed E-state index contributed by atoms with van der Waals surface area (Å²) < 4.78 is 6.07. The lowest BCUT2D eigenvalue weighted by Gasteiger charge is -2.42. The number of rotatable bonds is 3. The Hall–Kier alpha value is -3.52. The lowest BCUT2D eigenvalue weighted by molar-refractivity contribution is 0.332. The van der Waals surface area contributed by atoms with Crippen molar-refractivity contribution in [2.75, 3.05) is 5.32 Å². The predicted octanol–water partition coefficient (Wildman–Crippen LogP) is 9.35. The van der Waals surface area contributed by atoms with Gasteiger partial charge in [-0.1, -0.05) is 70.2 Å². The van der Waals surface area contributed by atoms with Gasteiger partial charge in [0.2, 0.25) is 0 Å². The van der Waals surface area contributed by atoms with Crippen LogP contribution in [0.25, 0.3) is 33.1 Å². The Balaban J connectivity index is 1.31. The van der Waals surface area contributed by atoms with Crippen molar-refractivity contribution >= 4 is 33.1 Å². The van der Waals surface area contributed by atoms with Crippen molar-refractivity contribution in [2.24, 2.45) is 0 Å². The minimum absolute atomic E-state index is 0.207. The van der Waals surface area contributed by atoms with Crippen LogP contribution in [0.5, 0.6) is 0 Å². The molecule has 2 heteroatoms. The summed E-state index contributed by atoms with van der Waals surface area (Å²) in [6.07, 6.45) is 2.46. The number of benzene rings is 4. The van der Waals surface area contributed by atoms with Crippen LogP contribution >= 0.6 is 0 Å². The molecule has 1 aromatic heterocycles. The fourth-order valence-corrected chi connectivity index (χ4v) is 5.43. The van der Waals surface area contributed by atoms with E-state index < -0.39 is 0 Å². The summed E-state index contributed by atoms with van der Waals surface area (Å²) in [6.45, 7) is 9.50. The normalized spacial score (nSPS) is 16.5. The van der Waals surface area contributed by atoms with Gasteiger partial charge in [0, 0.05) is 22.3 Å². The first kappa shape index (κ1) is 21.0. The Morgan fingerprint density at radius 3 is 2.12 bits per heavy atom. The maximum Gasteiger partial charge on any atom is 0.135 e. The van der Waals surface area contributed by atoms with Crippen LogP contribution in [0.3, 0.4) is 0 Å². The molecule has 0 unspecified atom stereocenters. The summed E-state index contributed by atoms with van der Waals surface area (Å²) in [5, 5.41) is 7.21. The fourth-order valence-electron chi connectivity index (χ4n) is 5.43. The smallest absolute Gasteiger partial charge is 0.135 e. The van der Waals surface area contributed by atoms with Crippen LogP contribution < -0.4 is 5.32 Å². The number of furan rings is 1. The molecule has 1 aliphatic carbocycles. The molecular formula is C32H31NO. The van der Waals surface area contributed by atoms with Crippen LogP contribution in [0.15, 0.2) is 89.3 Å². The van der Waals surface area contributed by atoms with Crippen LogP contribution in [-0.2, 0) is 10.8 Å². The number of anilines is 2. The number of fused-ring (bicyclic) bond motifs is 3. The van der Waals surface area contributed by atoms with Gasteiger partial charge in [-0.15, -0.1) is 0 Å². The molecule has 6 rings (SSSR count). The van der Waals surface area contributed by atoms with E-state index in [1.807, 2.05) is 18.2 Å². The first-order valence-electron chi connectivity index (χ1n) is 12.2. The highest BCUT2D eigenvalue weighted by Crippen LogP contribution is 2.46. The minimum atomic E-state index is 0.207. The average molecular weight is 446 g/mol. The highest BCUT2D eigenvalue weighted by atomic mass is 16.3. The second-order valence-corrected chi connectivity index (χ2v) is 11.1. The molecule has 34 heavy (non-hydrogen) atoms. The summed E-state index contributed by atoms with van der Waals surface area (Å²) in [5.74, 6) is 0.907. The summed E-state index contributed by atoms with van der Waals surface area (Å²) in [5.41, 5.74) is 7.70. The molecule has 0 saturated heterocycles. The molecule has 0 fully saturated rings. The van der Waals surface area contributed by atoms with Gasteiger partial charge in [0.1, 0.15) is 11.3 Å². The van der Waals surface area contributed by atoms with Gasteiger partial charge >= 0.3 is 0 Å². The van der Waals surface area contributed by atoms with Gasteiger partial charge in [-0.2, -0.15) is 0 Å². The van der Waals surface area contributed by atoms with Crippen molar-refractivity contribution in [3.8, 4) is 11.3 Å². The molecule has 170 valence electrons. The zero-order valence-electron chi connectivity index (χ0n) is 20.4. The third kappa shape index (κ3) is 3.58. The van der Waals surface area contributed by atoms with Crippen LogP contribution in [0.1, 0.15) is 51.7 Å². The molecule has 2 nitrogen and oxygen atoms in total. The third-order valence-electron chi connectivity index (χ3n) is 7.69. The monoisotopic (exact) mass is 445 g/mol. The molecule has 0 aliphatic heterocycles. The molecule has 0 spiro atoms. The number of para-hydroxylation sites is 1. The molecule has 1 heterocycles. The van der Waals surface area contributed by atoms with Gasteiger partial charge in [-0.3, -0.25) is 0 Å². The van der Waals surface area contributed by atoms with Crippen molar-refractivity contribution in [1.29, 1.82) is 0 Å². The molecular weight excluding hydrogens is 414 g/mol. The zero-order valence-corrected chi connectivity index (χ0v) is 20.4. The zero-order chi connectivity index (χ0) is 23.5. The van der Waals surface area contributed by atoms with Crippen molar-refractivity contribution < 1.29 is 4.42 Å². The van der Waals surface area contributed by atoms with E-state index in [0.29, 0.717) is 0 Å². The molecule has 0 atom stereocenters. The van der Waals surface area contributed by atoms with Crippen molar-refractivity contribution in [3.05, 3.63) is 96.1 Å². The lowest BCUT2D eigenvalue weighted by Crippen LogP contribution is -2.33. The second-order valence-electron chi connectivity index (χ2n) is 11.1. The Morgan fingerprint density at radius 2 is 1.29 bits per heavy atom. The van der Waals surface area contributed by atoms with Gasteiger partial charge in [0.25, 0.3) is 0 Å². The van der Waals surface area contributed by atoms with Crippen molar-refractivity contribution in [2.45, 2.75) is 51.4 Å². The number of hydrogen-bond acceptors (Lipinski definition) is 2. The van der Waals surface area contributed by atoms with Crippen LogP contribution in [-0.4, -0.2) is 0 Å². The Labute approximate surface area is 201 Å². The van der Waals surface area contributed by atoms with Crippen LogP contribution in [0.4, 0.5) is 11.4 Å². The number of nitrogens with one attached hydrogen (secondary N) is 1. The van der Waals surface area contributed by atoms with E-state index in [1.165, 1.54) is 34.7 Å². The Morgan fingerprint density at radius 1 is 0.618 bits per heavy atom. The predicted molar refractivity (Wildman–Crippen MR) is 144 cm³/mol. The Kier molecular flexibility index (Phi) is 4.64. The van der Waals surface area contributed by atoms with E-state index in [-0.39, 0.29) is 10.8 Å². The van der Waals surface area contributed by atoms with E-state index in [9.17, 15) is 0 Å². The summed E-state index contributed by atoms with van der Waals surface area (Å²) in [6, 6.07) is 30.3. The SMILES string of the molecule is CC1(C)CCC(C)(C)c2cc(Nc3ccc4cc(-c5cc6ccccc6o5)ccc4c3)ccc21. The van der Waals surface area contributed by atoms with Crippen molar-refractivity contribution in [1.82, 2.24) is 0 Å². The van der Waals surface area contributed by atoms with Gasteiger partial charge in [0.05, 0.1) is 0 Å². The quantitative estimate of drug-likeness (QED) is 0.299. The molecule has 0 saturated carbocycles. The molecule has 4 aromatic carbocycles. The molecule has 1 aliphatic rings. The van der Waals surface area contributed by atoms with E-state index in [2.05, 4.69) is 99.7 Å². The highest BCUT2D eigenvalue weighted by Gasteiger charge is 2.36. The van der Waals surface area contributed by atoms with Gasteiger partial charge < -0.3 is 9.73 Å². The largest absolute Gasteiger partial charge is 0.456 e. The maximum atomic E-state index is 6.07. The first-order chi connectivity index (χ1) is 16.3. The standard InChI is InChI=1S/C32H31NO/c1-31(2)15-16-32(3,4)28-20-26(13-14-27(28)31)33-25-12-11-21-17-24(10-9-22(21)18-25)30-19-23-7-5-6-8-29(23)34-30/h5-14,17-20,33H,15-16H2,1-4H3. The summed E-state index contributed by atoms with van der Waals surface area (Å²) in [4.78, 5) is 0. The first-order valence-corrected chi connectivity index (χ1v) is 12.2. The van der Waals surface area contributed by atoms with E-state index in [1.54, 1.807) is 0 Å². The van der Waals surface area contributed by atoms with Gasteiger partial charge in [-0.05, 0) is 88.0 Å². The molecule has 0 bridgehead atoms. The molecule has 5 aromatic rings. The van der Waals surface area contributed by atoms with Gasteiger partial charge in [0.15, 0.2) is 0 Å².